The number of nitrogens with one attached hydrogen (secondary N) is 1. The summed E-state index contributed by atoms with van der Waals surface area (Å²) in [5, 5.41) is 17.0. The van der Waals surface area contributed by atoms with Crippen molar-refractivity contribution in [3.05, 3.63) is 41.6 Å². The van der Waals surface area contributed by atoms with Crippen molar-refractivity contribution in [1.82, 2.24) is 15.1 Å². The van der Waals surface area contributed by atoms with Crippen LogP contribution in [0, 0.1) is 11.8 Å². The lowest BCUT2D eigenvalue weighted by molar-refractivity contribution is -0.141. The van der Waals surface area contributed by atoms with Crippen molar-refractivity contribution < 1.29 is 19.2 Å². The van der Waals surface area contributed by atoms with Gasteiger partial charge >= 0.3 is 5.97 Å². The Morgan fingerprint density at radius 3 is 2.72 bits per heavy atom. The molecule has 8 nitrogen and oxygen atoms in total. The summed E-state index contributed by atoms with van der Waals surface area (Å²) in [4.78, 5) is 19.8. The zero-order valence-corrected chi connectivity index (χ0v) is 18.7. The van der Waals surface area contributed by atoms with Crippen LogP contribution in [-0.2, 0) is 4.79 Å². The van der Waals surface area contributed by atoms with E-state index in [0.29, 0.717) is 34.1 Å². The molecule has 0 aliphatic heterocycles. The van der Waals surface area contributed by atoms with E-state index in [4.69, 9.17) is 26.0 Å². The highest BCUT2D eigenvalue weighted by Gasteiger charge is 2.29. The van der Waals surface area contributed by atoms with Crippen LogP contribution < -0.4 is 10.1 Å². The first-order valence-corrected chi connectivity index (χ1v) is 11.0. The number of aromatic nitrogens is 3. The fourth-order valence-corrected chi connectivity index (χ4v) is 4.01. The van der Waals surface area contributed by atoms with E-state index in [1.54, 1.807) is 12.3 Å². The summed E-state index contributed by atoms with van der Waals surface area (Å²) in [5.74, 6) is 0.639. The first kappa shape index (κ1) is 22.1. The van der Waals surface area contributed by atoms with Crippen LogP contribution in [-0.4, -0.2) is 38.8 Å². The van der Waals surface area contributed by atoms with Gasteiger partial charge in [0.1, 0.15) is 5.02 Å². The van der Waals surface area contributed by atoms with E-state index in [2.05, 4.69) is 20.4 Å². The van der Waals surface area contributed by atoms with E-state index in [0.717, 1.165) is 37.1 Å². The molecule has 2 heterocycles. The second-order valence-electron chi connectivity index (χ2n) is 8.27. The maximum Gasteiger partial charge on any atom is 0.306 e. The average Bonchev–Trinajstić information content (AvgIpc) is 3.44. The molecule has 2 atom stereocenters. The van der Waals surface area contributed by atoms with Crippen LogP contribution in [0.15, 0.2) is 41.1 Å². The minimum absolute atomic E-state index is 0.0295. The molecule has 1 aliphatic carbocycles. The number of benzene rings is 1. The molecule has 32 heavy (non-hydrogen) atoms. The van der Waals surface area contributed by atoms with Crippen molar-refractivity contribution in [2.24, 2.45) is 11.8 Å². The SMILES string of the molecule is CC(C)Oc1ncc(-c2nc(-c3ccc(NCC4CCC(C(=O)O)C4)cc3)no2)cc1Cl. The average molecular weight is 457 g/mol. The Morgan fingerprint density at radius 2 is 2.06 bits per heavy atom. The van der Waals surface area contributed by atoms with Gasteiger partial charge in [-0.1, -0.05) is 16.8 Å². The summed E-state index contributed by atoms with van der Waals surface area (Å²) in [6.07, 6.45) is 3.99. The third-order valence-corrected chi connectivity index (χ3v) is 5.73. The molecule has 9 heteroatoms. The van der Waals surface area contributed by atoms with E-state index in [-0.39, 0.29) is 12.0 Å². The van der Waals surface area contributed by atoms with Crippen LogP contribution in [0.5, 0.6) is 5.88 Å². The lowest BCUT2D eigenvalue weighted by atomic mass is 10.1. The van der Waals surface area contributed by atoms with Gasteiger partial charge < -0.3 is 19.7 Å². The largest absolute Gasteiger partial charge is 0.481 e. The molecule has 4 rings (SSSR count). The summed E-state index contributed by atoms with van der Waals surface area (Å²) in [5.41, 5.74) is 2.39. The summed E-state index contributed by atoms with van der Waals surface area (Å²) >= 11 is 6.25. The van der Waals surface area contributed by atoms with Gasteiger partial charge in [0.25, 0.3) is 5.89 Å². The molecule has 2 aromatic heterocycles. The summed E-state index contributed by atoms with van der Waals surface area (Å²) in [6.45, 7) is 4.57. The van der Waals surface area contributed by atoms with Gasteiger partial charge in [0.2, 0.25) is 11.7 Å². The van der Waals surface area contributed by atoms with E-state index in [1.165, 1.54) is 0 Å². The molecule has 0 spiro atoms. The van der Waals surface area contributed by atoms with Gasteiger partial charge in [-0.15, -0.1) is 0 Å². The fourth-order valence-electron chi connectivity index (χ4n) is 3.79. The number of carbonyl (C=O) groups is 1. The Bertz CT molecular complexity index is 1080. The van der Waals surface area contributed by atoms with Crippen LogP contribution in [0.2, 0.25) is 5.02 Å². The topological polar surface area (TPSA) is 110 Å². The van der Waals surface area contributed by atoms with Gasteiger partial charge in [0.15, 0.2) is 0 Å². The molecule has 2 N–H and O–H groups in total. The van der Waals surface area contributed by atoms with E-state index >= 15 is 0 Å². The second-order valence-corrected chi connectivity index (χ2v) is 8.68. The number of ether oxygens (including phenoxy) is 1. The highest BCUT2D eigenvalue weighted by molar-refractivity contribution is 6.32. The molecule has 168 valence electrons. The monoisotopic (exact) mass is 456 g/mol. The van der Waals surface area contributed by atoms with Gasteiger partial charge in [0.05, 0.1) is 17.6 Å². The number of halogens is 1. The van der Waals surface area contributed by atoms with Crippen molar-refractivity contribution in [2.75, 3.05) is 11.9 Å². The molecule has 0 radical (unpaired) electrons. The van der Waals surface area contributed by atoms with Crippen LogP contribution in [0.25, 0.3) is 22.8 Å². The Hall–Kier alpha value is -3.13. The molecule has 1 saturated carbocycles. The normalized spacial score (nSPS) is 18.1. The lowest BCUT2D eigenvalue weighted by Crippen LogP contribution is -2.14. The lowest BCUT2D eigenvalue weighted by Gasteiger charge is -2.12. The first-order chi connectivity index (χ1) is 15.4. The number of rotatable bonds is 8. The number of hydrogen-bond acceptors (Lipinski definition) is 7. The van der Waals surface area contributed by atoms with E-state index in [1.807, 2.05) is 38.1 Å². The number of carboxylic acids is 1. The second kappa shape index (κ2) is 9.56. The highest BCUT2D eigenvalue weighted by Crippen LogP contribution is 2.32. The maximum atomic E-state index is 11.1. The summed E-state index contributed by atoms with van der Waals surface area (Å²) in [6, 6.07) is 9.42. The van der Waals surface area contributed by atoms with Gasteiger partial charge in [-0.05, 0) is 69.4 Å². The molecule has 0 saturated heterocycles. The zero-order valence-electron chi connectivity index (χ0n) is 17.9. The molecule has 1 aromatic carbocycles. The molecule has 0 amide bonds. The van der Waals surface area contributed by atoms with Gasteiger partial charge in [0, 0.05) is 24.0 Å². The minimum Gasteiger partial charge on any atom is -0.481 e. The van der Waals surface area contributed by atoms with Gasteiger partial charge in [-0.25, -0.2) is 4.98 Å². The minimum atomic E-state index is -0.686. The van der Waals surface area contributed by atoms with Gasteiger partial charge in [-0.3, -0.25) is 4.79 Å². The summed E-state index contributed by atoms with van der Waals surface area (Å²) < 4.78 is 10.9. The molecule has 3 aromatic rings. The third kappa shape index (κ3) is 5.19. The first-order valence-electron chi connectivity index (χ1n) is 10.6. The quantitative estimate of drug-likeness (QED) is 0.478. The van der Waals surface area contributed by atoms with Crippen molar-refractivity contribution in [3.8, 4) is 28.7 Å². The molecule has 2 unspecified atom stereocenters. The number of hydrogen-bond donors (Lipinski definition) is 2. The smallest absolute Gasteiger partial charge is 0.306 e. The number of carboxylic acid groups (broad SMARTS) is 1. The zero-order chi connectivity index (χ0) is 22.7. The van der Waals surface area contributed by atoms with Crippen molar-refractivity contribution >= 4 is 23.3 Å². The molecular formula is C23H25ClN4O4. The van der Waals surface area contributed by atoms with Crippen LogP contribution in [0.4, 0.5) is 5.69 Å². The molecular weight excluding hydrogens is 432 g/mol. The van der Waals surface area contributed by atoms with Crippen LogP contribution >= 0.6 is 11.6 Å². The van der Waals surface area contributed by atoms with Crippen LogP contribution in [0.3, 0.4) is 0 Å². The Labute approximate surface area is 191 Å². The number of pyridine rings is 1. The maximum absolute atomic E-state index is 11.1. The fraction of sp³-hybridized carbons (Fsp3) is 0.391. The van der Waals surface area contributed by atoms with Gasteiger partial charge in [-0.2, -0.15) is 4.98 Å². The predicted octanol–water partition coefficient (Wildman–Crippen LogP) is 5.15. The number of anilines is 1. The molecule has 1 fully saturated rings. The van der Waals surface area contributed by atoms with E-state index in [9.17, 15) is 4.79 Å². The third-order valence-electron chi connectivity index (χ3n) is 5.46. The molecule has 0 bridgehead atoms. The van der Waals surface area contributed by atoms with Crippen molar-refractivity contribution in [1.29, 1.82) is 0 Å². The Balaban J connectivity index is 1.38. The van der Waals surface area contributed by atoms with Crippen molar-refractivity contribution in [2.45, 2.75) is 39.2 Å². The highest BCUT2D eigenvalue weighted by atomic mass is 35.5. The van der Waals surface area contributed by atoms with E-state index < -0.39 is 5.97 Å². The Kier molecular flexibility index (Phi) is 6.60. The predicted molar refractivity (Wildman–Crippen MR) is 121 cm³/mol. The van der Waals surface area contributed by atoms with Crippen molar-refractivity contribution in [3.63, 3.8) is 0 Å². The number of nitrogens with zero attached hydrogens (tertiary/aromatic N) is 3. The Morgan fingerprint density at radius 1 is 1.28 bits per heavy atom. The summed E-state index contributed by atoms with van der Waals surface area (Å²) in [7, 11) is 0. The standard InChI is InChI=1S/C23H25ClN4O4/c1-13(2)31-22-19(24)10-17(12-26-22)21-27-20(28-32-21)15-5-7-18(8-6-15)25-11-14-3-4-16(9-14)23(29)30/h5-8,10,12-14,16,25H,3-4,9,11H2,1-2H3,(H,29,30). The van der Waals surface area contributed by atoms with Crippen LogP contribution in [0.1, 0.15) is 33.1 Å². The molecule has 1 aliphatic rings. The number of aliphatic carboxylic acids is 1.